The number of nitrogens with zero attached hydrogens (tertiary/aromatic N) is 3. The zero-order valence-corrected chi connectivity index (χ0v) is 14.3. The first kappa shape index (κ1) is 16.0. The van der Waals surface area contributed by atoms with Crippen molar-refractivity contribution in [3.05, 3.63) is 60.9 Å². The van der Waals surface area contributed by atoms with Crippen molar-refractivity contribution in [2.75, 3.05) is 13.1 Å². The lowest BCUT2D eigenvalue weighted by atomic mass is 10.2. The Morgan fingerprint density at radius 2 is 1.84 bits per heavy atom. The molecule has 1 aliphatic heterocycles. The van der Waals surface area contributed by atoms with Crippen molar-refractivity contribution in [1.82, 2.24) is 14.3 Å². The van der Waals surface area contributed by atoms with Crippen LogP contribution in [0.1, 0.15) is 6.42 Å². The first-order valence-corrected chi connectivity index (χ1v) is 9.50. The molecule has 3 heterocycles. The molecule has 1 saturated heterocycles. The molecule has 0 radical (unpaired) electrons. The van der Waals surface area contributed by atoms with Gasteiger partial charge >= 0.3 is 0 Å². The highest BCUT2D eigenvalue weighted by molar-refractivity contribution is 7.89. The quantitative estimate of drug-likeness (QED) is 0.719. The van der Waals surface area contributed by atoms with Gasteiger partial charge in [-0.05, 0) is 24.6 Å². The third kappa shape index (κ3) is 3.08. The Bertz CT molecular complexity index is 987. The monoisotopic (exact) mass is 355 g/mol. The number of ether oxygens (including phenoxy) is 1. The van der Waals surface area contributed by atoms with E-state index in [1.165, 1.54) is 4.31 Å². The molecule has 1 aliphatic rings. The Morgan fingerprint density at radius 3 is 2.68 bits per heavy atom. The number of fused-ring (bicyclic) bond motifs is 1. The molecule has 0 saturated carbocycles. The fourth-order valence-corrected chi connectivity index (χ4v) is 4.68. The Labute approximate surface area is 146 Å². The number of para-hydroxylation sites is 1. The van der Waals surface area contributed by atoms with Gasteiger partial charge in [0.25, 0.3) is 0 Å². The summed E-state index contributed by atoms with van der Waals surface area (Å²) < 4.78 is 33.4. The predicted molar refractivity (Wildman–Crippen MR) is 93.8 cm³/mol. The molecule has 1 atom stereocenters. The topological polar surface area (TPSA) is 72.4 Å². The van der Waals surface area contributed by atoms with Gasteiger partial charge in [-0.1, -0.05) is 24.3 Å². The smallest absolute Gasteiger partial charge is 0.245 e. The minimum atomic E-state index is -3.62. The van der Waals surface area contributed by atoms with E-state index >= 15 is 0 Å². The molecule has 1 unspecified atom stereocenters. The average Bonchev–Trinajstić information content (AvgIpc) is 3.11. The molecule has 4 rings (SSSR count). The Kier molecular flexibility index (Phi) is 4.10. The van der Waals surface area contributed by atoms with Crippen LogP contribution in [-0.4, -0.2) is 41.9 Å². The maximum absolute atomic E-state index is 13.1. The predicted octanol–water partition coefficient (Wildman–Crippen LogP) is 2.47. The van der Waals surface area contributed by atoms with Crippen LogP contribution in [0.5, 0.6) is 5.88 Å². The number of hydrogen-bond acceptors (Lipinski definition) is 5. The number of sulfonamides is 1. The average molecular weight is 355 g/mol. The first-order chi connectivity index (χ1) is 12.1. The van der Waals surface area contributed by atoms with Crippen LogP contribution < -0.4 is 4.74 Å². The van der Waals surface area contributed by atoms with Crippen molar-refractivity contribution in [2.45, 2.75) is 17.4 Å². The molecular formula is C18H17N3O3S. The molecule has 1 fully saturated rings. The van der Waals surface area contributed by atoms with E-state index in [2.05, 4.69) is 9.97 Å². The van der Waals surface area contributed by atoms with Gasteiger partial charge in [0.05, 0.1) is 12.1 Å². The van der Waals surface area contributed by atoms with Gasteiger partial charge < -0.3 is 4.74 Å². The molecule has 0 N–H and O–H groups in total. The fourth-order valence-electron chi connectivity index (χ4n) is 3.02. The van der Waals surface area contributed by atoms with Gasteiger partial charge in [-0.25, -0.2) is 13.4 Å². The van der Waals surface area contributed by atoms with Gasteiger partial charge in [0.15, 0.2) is 0 Å². The van der Waals surface area contributed by atoms with E-state index in [-0.39, 0.29) is 11.0 Å². The number of benzene rings is 1. The van der Waals surface area contributed by atoms with Gasteiger partial charge in [0.2, 0.25) is 15.9 Å². The molecule has 0 aliphatic carbocycles. The van der Waals surface area contributed by atoms with Crippen LogP contribution in [0.3, 0.4) is 0 Å². The van der Waals surface area contributed by atoms with Crippen molar-refractivity contribution in [3.8, 4) is 5.88 Å². The molecule has 25 heavy (non-hydrogen) atoms. The minimum absolute atomic E-state index is 0.201. The zero-order chi connectivity index (χ0) is 17.3. The van der Waals surface area contributed by atoms with E-state index in [0.717, 1.165) is 5.39 Å². The molecule has 1 aromatic carbocycles. The SMILES string of the molecule is O=S(=O)(c1cccc2cccnc12)N1CCC(Oc2ccccn2)C1. The van der Waals surface area contributed by atoms with Crippen molar-refractivity contribution >= 4 is 20.9 Å². The Morgan fingerprint density at radius 1 is 1.00 bits per heavy atom. The third-order valence-electron chi connectivity index (χ3n) is 4.25. The van der Waals surface area contributed by atoms with Crippen molar-refractivity contribution in [2.24, 2.45) is 0 Å². The van der Waals surface area contributed by atoms with Crippen LogP contribution in [0.4, 0.5) is 0 Å². The molecule has 6 nitrogen and oxygen atoms in total. The van der Waals surface area contributed by atoms with Crippen molar-refractivity contribution in [3.63, 3.8) is 0 Å². The first-order valence-electron chi connectivity index (χ1n) is 8.06. The molecule has 0 spiro atoms. The van der Waals surface area contributed by atoms with Crippen LogP contribution in [0.2, 0.25) is 0 Å². The highest BCUT2D eigenvalue weighted by atomic mass is 32.2. The van der Waals surface area contributed by atoms with Gasteiger partial charge in [0.1, 0.15) is 11.0 Å². The highest BCUT2D eigenvalue weighted by Gasteiger charge is 2.34. The van der Waals surface area contributed by atoms with E-state index in [4.69, 9.17) is 4.74 Å². The number of pyridine rings is 2. The summed E-state index contributed by atoms with van der Waals surface area (Å²) in [4.78, 5) is 8.63. The Balaban J connectivity index is 1.59. The summed E-state index contributed by atoms with van der Waals surface area (Å²) in [5, 5.41) is 0.809. The van der Waals surface area contributed by atoms with E-state index < -0.39 is 10.0 Å². The molecule has 7 heteroatoms. The molecule has 0 bridgehead atoms. The Hall–Kier alpha value is -2.51. The van der Waals surface area contributed by atoms with E-state index in [1.54, 1.807) is 36.7 Å². The second kappa shape index (κ2) is 6.42. The van der Waals surface area contributed by atoms with E-state index in [0.29, 0.717) is 30.9 Å². The maximum Gasteiger partial charge on any atom is 0.245 e. The summed E-state index contributed by atoms with van der Waals surface area (Å²) in [6.45, 7) is 0.727. The van der Waals surface area contributed by atoms with Crippen molar-refractivity contribution in [1.29, 1.82) is 0 Å². The largest absolute Gasteiger partial charge is 0.473 e. The molecule has 2 aromatic heterocycles. The maximum atomic E-state index is 13.1. The van der Waals surface area contributed by atoms with Crippen molar-refractivity contribution < 1.29 is 13.2 Å². The standard InChI is InChI=1S/C18H17N3O3S/c22-25(23,16-7-3-5-14-6-4-11-20-18(14)16)21-12-9-15(13-21)24-17-8-1-2-10-19-17/h1-8,10-11,15H,9,12-13H2. The van der Waals surface area contributed by atoms with Crippen LogP contribution in [0.25, 0.3) is 10.9 Å². The molecule has 0 amide bonds. The van der Waals surface area contributed by atoms with E-state index in [1.807, 2.05) is 24.3 Å². The number of hydrogen-bond donors (Lipinski definition) is 0. The van der Waals surface area contributed by atoms with Gasteiger partial charge in [-0.2, -0.15) is 4.31 Å². The summed E-state index contributed by atoms with van der Waals surface area (Å²) >= 11 is 0. The lowest BCUT2D eigenvalue weighted by Gasteiger charge is -2.17. The van der Waals surface area contributed by atoms with Gasteiger partial charge in [-0.15, -0.1) is 0 Å². The summed E-state index contributed by atoms with van der Waals surface area (Å²) in [6.07, 6.45) is 3.69. The summed E-state index contributed by atoms with van der Waals surface area (Å²) in [7, 11) is -3.62. The molecule has 3 aromatic rings. The van der Waals surface area contributed by atoms with Crippen LogP contribution in [-0.2, 0) is 10.0 Å². The minimum Gasteiger partial charge on any atom is -0.473 e. The molecular weight excluding hydrogens is 338 g/mol. The lowest BCUT2D eigenvalue weighted by Crippen LogP contribution is -2.31. The second-order valence-corrected chi connectivity index (χ2v) is 7.80. The second-order valence-electron chi connectivity index (χ2n) is 5.89. The van der Waals surface area contributed by atoms with Crippen LogP contribution in [0, 0.1) is 0 Å². The normalized spacial score (nSPS) is 18.5. The van der Waals surface area contributed by atoms with Gasteiger partial charge in [-0.3, -0.25) is 4.98 Å². The third-order valence-corrected chi connectivity index (χ3v) is 6.14. The van der Waals surface area contributed by atoms with E-state index in [9.17, 15) is 8.42 Å². The van der Waals surface area contributed by atoms with Crippen LogP contribution in [0.15, 0.2) is 65.8 Å². The summed E-state index contributed by atoms with van der Waals surface area (Å²) in [5.74, 6) is 0.513. The number of aromatic nitrogens is 2. The lowest BCUT2D eigenvalue weighted by molar-refractivity contribution is 0.207. The van der Waals surface area contributed by atoms with Gasteiger partial charge in [0, 0.05) is 30.4 Å². The highest BCUT2D eigenvalue weighted by Crippen LogP contribution is 2.27. The summed E-state index contributed by atoms with van der Waals surface area (Å²) in [6, 6.07) is 14.3. The van der Waals surface area contributed by atoms with Crippen LogP contribution >= 0.6 is 0 Å². The zero-order valence-electron chi connectivity index (χ0n) is 13.4. The fraction of sp³-hybridized carbons (Fsp3) is 0.222. The summed E-state index contributed by atoms with van der Waals surface area (Å²) in [5.41, 5.74) is 0.499. The molecule has 128 valence electrons. The number of rotatable bonds is 4.